The van der Waals surface area contributed by atoms with Crippen LogP contribution in [0.25, 0.3) is 11.0 Å². The minimum absolute atomic E-state index is 0.479. The van der Waals surface area contributed by atoms with Crippen LogP contribution in [0.4, 0.5) is 8.78 Å². The van der Waals surface area contributed by atoms with Crippen molar-refractivity contribution in [1.82, 2.24) is 0 Å². The molecule has 0 saturated carbocycles. The zero-order valence-corrected chi connectivity index (χ0v) is 11.8. The van der Waals surface area contributed by atoms with E-state index in [0.29, 0.717) is 11.3 Å². The summed E-state index contributed by atoms with van der Waals surface area (Å²) in [5.74, 6) is -1.22. The molecule has 0 aliphatic rings. The summed E-state index contributed by atoms with van der Waals surface area (Å²) in [5, 5.41) is 0.989. The highest BCUT2D eigenvalue weighted by atomic mass is 19.2. The molecule has 3 aromatic rings. The van der Waals surface area contributed by atoms with Crippen LogP contribution in [-0.4, -0.2) is 0 Å². The zero-order valence-electron chi connectivity index (χ0n) is 11.8. The number of benzene rings is 2. The average Bonchev–Trinajstić information content (AvgIpc) is 2.78. The van der Waals surface area contributed by atoms with E-state index in [1.54, 1.807) is 0 Å². The maximum absolute atomic E-state index is 13.4. The molecule has 0 aliphatic heterocycles. The van der Waals surface area contributed by atoms with Crippen LogP contribution >= 0.6 is 0 Å². The van der Waals surface area contributed by atoms with Crippen LogP contribution < -0.4 is 5.73 Å². The molecular formula is C17H15F2NO. The Morgan fingerprint density at radius 3 is 2.48 bits per heavy atom. The second-order valence-electron chi connectivity index (χ2n) is 5.24. The lowest BCUT2D eigenvalue weighted by molar-refractivity contribution is 0.498. The van der Waals surface area contributed by atoms with Crippen molar-refractivity contribution >= 4 is 11.0 Å². The summed E-state index contributed by atoms with van der Waals surface area (Å²) in [7, 11) is 0. The molecule has 2 nitrogen and oxygen atoms in total. The monoisotopic (exact) mass is 287 g/mol. The minimum Gasteiger partial charge on any atom is -0.459 e. The Balaban J connectivity index is 2.10. The molecule has 2 N–H and O–H groups in total. The van der Waals surface area contributed by atoms with Gasteiger partial charge in [-0.3, -0.25) is 0 Å². The van der Waals surface area contributed by atoms with E-state index < -0.39 is 17.7 Å². The lowest BCUT2D eigenvalue weighted by atomic mass is 10.0. The summed E-state index contributed by atoms with van der Waals surface area (Å²) in [6.45, 7) is 3.92. The summed E-state index contributed by atoms with van der Waals surface area (Å²) in [5.41, 5.74) is 9.42. The van der Waals surface area contributed by atoms with Crippen molar-refractivity contribution < 1.29 is 13.2 Å². The smallest absolute Gasteiger partial charge is 0.159 e. The predicted octanol–water partition coefficient (Wildman–Crippen LogP) is 4.38. The molecule has 1 unspecified atom stereocenters. The fourth-order valence-corrected chi connectivity index (χ4v) is 2.51. The molecule has 3 rings (SSSR count). The van der Waals surface area contributed by atoms with Gasteiger partial charge < -0.3 is 10.2 Å². The van der Waals surface area contributed by atoms with Gasteiger partial charge in [0.1, 0.15) is 11.3 Å². The summed E-state index contributed by atoms with van der Waals surface area (Å²) in [4.78, 5) is 0. The molecule has 0 spiro atoms. The Kier molecular flexibility index (Phi) is 3.26. The SMILES string of the molecule is Cc1ccc2oc(C(N)c3ccc(F)c(F)c3)c(C)c2c1. The van der Waals surface area contributed by atoms with Crippen molar-refractivity contribution in [2.45, 2.75) is 19.9 Å². The fourth-order valence-electron chi connectivity index (χ4n) is 2.51. The third-order valence-electron chi connectivity index (χ3n) is 3.71. The minimum atomic E-state index is -0.910. The summed E-state index contributed by atoms with van der Waals surface area (Å²) in [6.07, 6.45) is 0. The molecule has 2 aromatic carbocycles. The van der Waals surface area contributed by atoms with Gasteiger partial charge in [-0.2, -0.15) is 0 Å². The Hall–Kier alpha value is -2.20. The van der Waals surface area contributed by atoms with Crippen molar-refractivity contribution in [2.75, 3.05) is 0 Å². The van der Waals surface area contributed by atoms with E-state index in [-0.39, 0.29) is 0 Å². The standard InChI is InChI=1S/C17H15F2NO/c1-9-3-6-15-12(7-9)10(2)17(21-15)16(20)11-4-5-13(18)14(19)8-11/h3-8,16H,20H2,1-2H3. The molecule has 0 fully saturated rings. The molecule has 1 heterocycles. The first-order chi connectivity index (χ1) is 9.97. The molecule has 4 heteroatoms. The molecule has 0 amide bonds. The molecule has 0 aliphatic carbocycles. The van der Waals surface area contributed by atoms with Crippen LogP contribution in [0, 0.1) is 25.5 Å². The highest BCUT2D eigenvalue weighted by molar-refractivity contribution is 5.83. The van der Waals surface area contributed by atoms with E-state index >= 15 is 0 Å². The first-order valence-electron chi connectivity index (χ1n) is 6.67. The van der Waals surface area contributed by atoms with Crippen LogP contribution in [0.15, 0.2) is 40.8 Å². The van der Waals surface area contributed by atoms with Crippen molar-refractivity contribution in [3.05, 3.63) is 70.5 Å². The topological polar surface area (TPSA) is 39.2 Å². The van der Waals surface area contributed by atoms with Crippen molar-refractivity contribution in [3.8, 4) is 0 Å². The third kappa shape index (κ3) is 2.32. The normalized spacial score (nSPS) is 12.8. The molecule has 1 atom stereocenters. The van der Waals surface area contributed by atoms with Gasteiger partial charge in [0, 0.05) is 10.9 Å². The molecule has 0 radical (unpaired) electrons. The molecule has 0 saturated heterocycles. The first-order valence-corrected chi connectivity index (χ1v) is 6.67. The van der Waals surface area contributed by atoms with E-state index in [9.17, 15) is 8.78 Å². The van der Waals surface area contributed by atoms with Crippen LogP contribution in [-0.2, 0) is 0 Å². The first kappa shape index (κ1) is 13.8. The van der Waals surface area contributed by atoms with E-state index in [1.165, 1.54) is 6.07 Å². The molecule has 21 heavy (non-hydrogen) atoms. The second-order valence-corrected chi connectivity index (χ2v) is 5.24. The number of aryl methyl sites for hydroxylation is 2. The average molecular weight is 287 g/mol. The van der Waals surface area contributed by atoms with Gasteiger partial charge in [-0.25, -0.2) is 8.78 Å². The lowest BCUT2D eigenvalue weighted by Gasteiger charge is -2.10. The van der Waals surface area contributed by atoms with Gasteiger partial charge in [0.25, 0.3) is 0 Å². The van der Waals surface area contributed by atoms with Gasteiger partial charge in [0.05, 0.1) is 6.04 Å². The van der Waals surface area contributed by atoms with Crippen LogP contribution in [0.1, 0.15) is 28.5 Å². The van der Waals surface area contributed by atoms with Crippen LogP contribution in [0.3, 0.4) is 0 Å². The Labute approximate surface area is 121 Å². The van der Waals surface area contributed by atoms with E-state index in [0.717, 1.165) is 34.2 Å². The molecular weight excluding hydrogens is 272 g/mol. The largest absolute Gasteiger partial charge is 0.459 e. The highest BCUT2D eigenvalue weighted by Crippen LogP contribution is 2.32. The van der Waals surface area contributed by atoms with Crippen LogP contribution in [0.2, 0.25) is 0 Å². The van der Waals surface area contributed by atoms with Crippen molar-refractivity contribution in [3.63, 3.8) is 0 Å². The number of nitrogens with two attached hydrogens (primary N) is 1. The maximum Gasteiger partial charge on any atom is 0.159 e. The van der Waals surface area contributed by atoms with E-state index in [2.05, 4.69) is 0 Å². The number of halogens is 2. The Morgan fingerprint density at radius 2 is 1.76 bits per heavy atom. The third-order valence-corrected chi connectivity index (χ3v) is 3.71. The number of furan rings is 1. The van der Waals surface area contributed by atoms with Gasteiger partial charge in [-0.05, 0) is 43.7 Å². The maximum atomic E-state index is 13.4. The highest BCUT2D eigenvalue weighted by Gasteiger charge is 2.19. The van der Waals surface area contributed by atoms with Gasteiger partial charge in [-0.15, -0.1) is 0 Å². The second kappa shape index (κ2) is 4.97. The van der Waals surface area contributed by atoms with Crippen LogP contribution in [0.5, 0.6) is 0 Å². The number of fused-ring (bicyclic) bond motifs is 1. The van der Waals surface area contributed by atoms with Crippen molar-refractivity contribution in [1.29, 1.82) is 0 Å². The Bertz CT molecular complexity index is 823. The quantitative estimate of drug-likeness (QED) is 0.760. The van der Waals surface area contributed by atoms with Gasteiger partial charge in [0.15, 0.2) is 11.6 Å². The van der Waals surface area contributed by atoms with E-state index in [1.807, 2.05) is 32.0 Å². The predicted molar refractivity (Wildman–Crippen MR) is 78.1 cm³/mol. The molecule has 108 valence electrons. The zero-order chi connectivity index (χ0) is 15.1. The number of hydrogen-bond acceptors (Lipinski definition) is 2. The van der Waals surface area contributed by atoms with Gasteiger partial charge in [-0.1, -0.05) is 17.7 Å². The fraction of sp³-hybridized carbons (Fsp3) is 0.176. The van der Waals surface area contributed by atoms with Gasteiger partial charge >= 0.3 is 0 Å². The molecule has 0 bridgehead atoms. The number of hydrogen-bond donors (Lipinski definition) is 1. The lowest BCUT2D eigenvalue weighted by Crippen LogP contribution is -2.12. The van der Waals surface area contributed by atoms with Gasteiger partial charge in [0.2, 0.25) is 0 Å². The van der Waals surface area contributed by atoms with E-state index in [4.69, 9.17) is 10.2 Å². The van der Waals surface area contributed by atoms with Crippen molar-refractivity contribution in [2.24, 2.45) is 5.73 Å². The molecule has 1 aromatic heterocycles. The summed E-state index contributed by atoms with van der Waals surface area (Å²) >= 11 is 0. The Morgan fingerprint density at radius 1 is 1.00 bits per heavy atom. The summed E-state index contributed by atoms with van der Waals surface area (Å²) < 4.78 is 32.2. The number of rotatable bonds is 2. The summed E-state index contributed by atoms with van der Waals surface area (Å²) in [6, 6.07) is 8.89.